The third kappa shape index (κ3) is 11.4. The summed E-state index contributed by atoms with van der Waals surface area (Å²) in [6, 6.07) is 0. The van der Waals surface area contributed by atoms with Crippen LogP contribution < -0.4 is 0 Å². The second kappa shape index (κ2) is 13.6. The van der Waals surface area contributed by atoms with Crippen LogP contribution >= 0.6 is 0 Å². The maximum absolute atomic E-state index is 11.6. The molecule has 1 aliphatic rings. The first-order chi connectivity index (χ1) is 11.3. The van der Waals surface area contributed by atoms with Crippen LogP contribution in [0.1, 0.15) is 90.4 Å². The van der Waals surface area contributed by atoms with Gasteiger partial charge in [0.15, 0.2) is 0 Å². The molecule has 3 heteroatoms. The van der Waals surface area contributed by atoms with Gasteiger partial charge in [-0.1, -0.05) is 57.9 Å². The molecule has 23 heavy (non-hydrogen) atoms. The summed E-state index contributed by atoms with van der Waals surface area (Å²) in [5, 5.41) is 0. The van der Waals surface area contributed by atoms with E-state index in [2.05, 4.69) is 13.5 Å². The fourth-order valence-electron chi connectivity index (χ4n) is 2.91. The second-order valence-electron chi connectivity index (χ2n) is 6.67. The average molecular weight is 325 g/mol. The van der Waals surface area contributed by atoms with E-state index < -0.39 is 0 Å². The molecule has 0 aromatic heterocycles. The van der Waals surface area contributed by atoms with Gasteiger partial charge >= 0.3 is 5.97 Å². The number of allylic oxidation sites excluding steroid dienone is 1. The summed E-state index contributed by atoms with van der Waals surface area (Å²) >= 11 is 0. The molecule has 0 aromatic carbocycles. The molecular formula is C20H36O3. The van der Waals surface area contributed by atoms with E-state index in [1.54, 1.807) is 0 Å². The standard InChI is InChI=1S/C20H36O3/c1-3-5-7-8-9-10-11-13-15-20(21)22-17-16-19-18(23-19)14-12-6-4-2/h3,18-19H,1,4-17H2,2H3. The molecule has 134 valence electrons. The largest absolute Gasteiger partial charge is 0.466 e. The van der Waals surface area contributed by atoms with Crippen molar-refractivity contribution in [1.82, 2.24) is 0 Å². The van der Waals surface area contributed by atoms with E-state index in [-0.39, 0.29) is 5.97 Å². The van der Waals surface area contributed by atoms with Crippen LogP contribution in [0.2, 0.25) is 0 Å². The first kappa shape index (κ1) is 20.2. The molecule has 1 aliphatic heterocycles. The zero-order valence-corrected chi connectivity index (χ0v) is 15.1. The number of rotatable bonds is 16. The predicted octanol–water partition coefficient (Wildman–Crippen LogP) is 5.57. The highest BCUT2D eigenvalue weighted by atomic mass is 16.6. The Labute approximate surface area is 142 Å². The first-order valence-corrected chi connectivity index (χ1v) is 9.70. The lowest BCUT2D eigenvalue weighted by Crippen LogP contribution is -2.08. The maximum atomic E-state index is 11.6. The van der Waals surface area contributed by atoms with Gasteiger partial charge in [-0.05, 0) is 25.7 Å². The molecule has 0 bridgehead atoms. The molecule has 0 aromatic rings. The molecule has 0 spiro atoms. The fourth-order valence-corrected chi connectivity index (χ4v) is 2.91. The summed E-state index contributed by atoms with van der Waals surface area (Å²) in [6.45, 7) is 6.47. The SMILES string of the molecule is C=CCCCCCCCCC(=O)OCCC1OC1CCCCC. The van der Waals surface area contributed by atoms with E-state index >= 15 is 0 Å². The van der Waals surface area contributed by atoms with E-state index in [4.69, 9.17) is 9.47 Å². The summed E-state index contributed by atoms with van der Waals surface area (Å²) in [7, 11) is 0. The third-order valence-electron chi connectivity index (χ3n) is 4.48. The van der Waals surface area contributed by atoms with Crippen LogP contribution in [0.3, 0.4) is 0 Å². The van der Waals surface area contributed by atoms with Crippen molar-refractivity contribution in [3.63, 3.8) is 0 Å². The van der Waals surface area contributed by atoms with Gasteiger partial charge in [-0.2, -0.15) is 0 Å². The Kier molecular flexibility index (Phi) is 11.9. The molecule has 1 saturated heterocycles. The number of hydrogen-bond acceptors (Lipinski definition) is 3. The molecular weight excluding hydrogens is 288 g/mol. The Morgan fingerprint density at radius 2 is 1.70 bits per heavy atom. The number of carbonyl (C=O) groups is 1. The van der Waals surface area contributed by atoms with Gasteiger partial charge < -0.3 is 9.47 Å². The van der Waals surface area contributed by atoms with Gasteiger partial charge in [0.1, 0.15) is 0 Å². The lowest BCUT2D eigenvalue weighted by atomic mass is 10.1. The zero-order valence-electron chi connectivity index (χ0n) is 15.1. The molecule has 0 N–H and O–H groups in total. The number of carbonyl (C=O) groups excluding carboxylic acids is 1. The molecule has 1 heterocycles. The number of esters is 1. The Bertz CT molecular complexity index is 314. The Hall–Kier alpha value is -0.830. The minimum Gasteiger partial charge on any atom is -0.466 e. The van der Waals surface area contributed by atoms with E-state index in [0.29, 0.717) is 25.2 Å². The van der Waals surface area contributed by atoms with E-state index in [9.17, 15) is 4.79 Å². The molecule has 0 amide bonds. The Morgan fingerprint density at radius 3 is 2.43 bits per heavy atom. The van der Waals surface area contributed by atoms with Crippen molar-refractivity contribution in [2.45, 2.75) is 103 Å². The molecule has 2 unspecified atom stereocenters. The maximum Gasteiger partial charge on any atom is 0.305 e. The van der Waals surface area contributed by atoms with Crippen molar-refractivity contribution in [3.05, 3.63) is 12.7 Å². The first-order valence-electron chi connectivity index (χ1n) is 9.70. The fraction of sp³-hybridized carbons (Fsp3) is 0.850. The topological polar surface area (TPSA) is 38.8 Å². The molecule has 0 saturated carbocycles. The molecule has 3 nitrogen and oxygen atoms in total. The summed E-state index contributed by atoms with van der Waals surface area (Å²) < 4.78 is 10.9. The monoisotopic (exact) mass is 324 g/mol. The summed E-state index contributed by atoms with van der Waals surface area (Å²) in [4.78, 5) is 11.6. The number of unbranched alkanes of at least 4 members (excludes halogenated alkanes) is 8. The number of ether oxygens (including phenoxy) is 2. The van der Waals surface area contributed by atoms with Crippen LogP contribution in [-0.4, -0.2) is 24.8 Å². The number of hydrogen-bond donors (Lipinski definition) is 0. The highest BCUT2D eigenvalue weighted by molar-refractivity contribution is 5.69. The third-order valence-corrected chi connectivity index (χ3v) is 4.48. The van der Waals surface area contributed by atoms with Crippen molar-refractivity contribution in [2.75, 3.05) is 6.61 Å². The molecule has 1 fully saturated rings. The van der Waals surface area contributed by atoms with Gasteiger partial charge in [0.25, 0.3) is 0 Å². The minimum absolute atomic E-state index is 0.0418. The summed E-state index contributed by atoms with van der Waals surface area (Å²) in [6.07, 6.45) is 17.4. The summed E-state index contributed by atoms with van der Waals surface area (Å²) in [5.41, 5.74) is 0. The van der Waals surface area contributed by atoms with Crippen molar-refractivity contribution in [3.8, 4) is 0 Å². The highest BCUT2D eigenvalue weighted by Crippen LogP contribution is 2.30. The Morgan fingerprint density at radius 1 is 1.00 bits per heavy atom. The van der Waals surface area contributed by atoms with Gasteiger partial charge in [-0.3, -0.25) is 4.79 Å². The second-order valence-corrected chi connectivity index (χ2v) is 6.67. The van der Waals surface area contributed by atoms with Crippen molar-refractivity contribution in [1.29, 1.82) is 0 Å². The zero-order chi connectivity index (χ0) is 16.8. The Balaban J connectivity index is 1.81. The van der Waals surface area contributed by atoms with Gasteiger partial charge in [0.2, 0.25) is 0 Å². The van der Waals surface area contributed by atoms with Crippen molar-refractivity contribution >= 4 is 5.97 Å². The van der Waals surface area contributed by atoms with Crippen LogP contribution in [0.5, 0.6) is 0 Å². The normalized spacial score (nSPS) is 19.5. The van der Waals surface area contributed by atoms with Crippen LogP contribution in [0, 0.1) is 0 Å². The molecule has 0 aliphatic carbocycles. The lowest BCUT2D eigenvalue weighted by Gasteiger charge is -2.04. The van der Waals surface area contributed by atoms with Gasteiger partial charge in [-0.25, -0.2) is 0 Å². The van der Waals surface area contributed by atoms with Crippen LogP contribution in [0.15, 0.2) is 12.7 Å². The van der Waals surface area contributed by atoms with Crippen LogP contribution in [0.25, 0.3) is 0 Å². The van der Waals surface area contributed by atoms with Crippen molar-refractivity contribution in [2.24, 2.45) is 0 Å². The van der Waals surface area contributed by atoms with Crippen LogP contribution in [0.4, 0.5) is 0 Å². The molecule has 0 radical (unpaired) electrons. The molecule has 2 atom stereocenters. The lowest BCUT2D eigenvalue weighted by molar-refractivity contribution is -0.143. The smallest absolute Gasteiger partial charge is 0.305 e. The predicted molar refractivity (Wildman–Crippen MR) is 95.5 cm³/mol. The highest BCUT2D eigenvalue weighted by Gasteiger charge is 2.37. The van der Waals surface area contributed by atoms with Gasteiger partial charge in [0, 0.05) is 12.8 Å². The van der Waals surface area contributed by atoms with E-state index in [1.165, 1.54) is 51.4 Å². The van der Waals surface area contributed by atoms with Gasteiger partial charge in [-0.15, -0.1) is 6.58 Å². The van der Waals surface area contributed by atoms with Crippen molar-refractivity contribution < 1.29 is 14.3 Å². The van der Waals surface area contributed by atoms with E-state index in [0.717, 1.165) is 25.7 Å². The number of epoxide rings is 1. The average Bonchev–Trinajstić information content (AvgIpc) is 3.28. The van der Waals surface area contributed by atoms with E-state index in [1.807, 2.05) is 6.08 Å². The van der Waals surface area contributed by atoms with Gasteiger partial charge in [0.05, 0.1) is 18.8 Å². The van der Waals surface area contributed by atoms with Crippen LogP contribution in [-0.2, 0) is 14.3 Å². The molecule has 1 rings (SSSR count). The summed E-state index contributed by atoms with van der Waals surface area (Å²) in [5.74, 6) is -0.0418. The minimum atomic E-state index is -0.0418. The quantitative estimate of drug-likeness (QED) is 0.161.